The maximum atomic E-state index is 6.01. The largest absolute Gasteiger partial charge is 0.495 e. The van der Waals surface area contributed by atoms with E-state index in [0.29, 0.717) is 22.8 Å². The predicted molar refractivity (Wildman–Crippen MR) is 86.7 cm³/mol. The molecule has 112 valence electrons. The van der Waals surface area contributed by atoms with Crippen molar-refractivity contribution in [3.05, 3.63) is 35.5 Å². The van der Waals surface area contributed by atoms with Crippen LogP contribution in [0.3, 0.4) is 0 Å². The van der Waals surface area contributed by atoms with Gasteiger partial charge in [-0.05, 0) is 37.6 Å². The molecule has 2 N–H and O–H groups in total. The number of aromatic nitrogens is 2. The fraction of sp³-hybridized carbons (Fsp3) is 0.333. The molecule has 0 radical (unpaired) electrons. The van der Waals surface area contributed by atoms with Gasteiger partial charge in [0, 0.05) is 17.3 Å². The smallest absolute Gasteiger partial charge is 0.229 e. The molecule has 0 bridgehead atoms. The zero-order chi connectivity index (χ0) is 15.2. The average Bonchev–Trinajstić information content (AvgIpc) is 2.48. The van der Waals surface area contributed by atoms with Crippen LogP contribution >= 0.6 is 11.6 Å². The molecule has 1 aromatic heterocycles. The molecule has 21 heavy (non-hydrogen) atoms. The lowest BCUT2D eigenvalue weighted by Crippen LogP contribution is -2.15. The molecule has 2 rings (SSSR count). The standard InChI is InChI=1S/C15H19ClN4O/c1-4-10(2)18-14-7-8-17-15(20-14)19-12-9-11(16)5-6-13(12)21-3/h5-10H,4H2,1-3H3,(H2,17,18,19,20). The van der Waals surface area contributed by atoms with Crippen LogP contribution in [-0.4, -0.2) is 23.1 Å². The first-order valence-electron chi connectivity index (χ1n) is 6.82. The van der Waals surface area contributed by atoms with Gasteiger partial charge in [0.05, 0.1) is 12.8 Å². The number of anilines is 3. The fourth-order valence-corrected chi connectivity index (χ4v) is 1.92. The molecule has 0 spiro atoms. The summed E-state index contributed by atoms with van der Waals surface area (Å²) in [5.74, 6) is 1.95. The topological polar surface area (TPSA) is 59.1 Å². The van der Waals surface area contributed by atoms with E-state index in [2.05, 4.69) is 34.4 Å². The lowest BCUT2D eigenvalue weighted by Gasteiger charge is -2.14. The quantitative estimate of drug-likeness (QED) is 0.841. The maximum absolute atomic E-state index is 6.01. The van der Waals surface area contributed by atoms with Gasteiger partial charge in [-0.2, -0.15) is 4.98 Å². The summed E-state index contributed by atoms with van der Waals surface area (Å²) in [6.45, 7) is 4.23. The van der Waals surface area contributed by atoms with Crippen LogP contribution in [0, 0.1) is 0 Å². The van der Waals surface area contributed by atoms with Crippen molar-refractivity contribution in [2.45, 2.75) is 26.3 Å². The summed E-state index contributed by atoms with van der Waals surface area (Å²) in [4.78, 5) is 8.64. The second-order valence-electron chi connectivity index (χ2n) is 4.69. The molecule has 0 aliphatic rings. The van der Waals surface area contributed by atoms with E-state index in [0.717, 1.165) is 17.9 Å². The first-order chi connectivity index (χ1) is 10.1. The van der Waals surface area contributed by atoms with Gasteiger partial charge in [-0.15, -0.1) is 0 Å². The fourth-order valence-electron chi connectivity index (χ4n) is 1.75. The Morgan fingerprint density at radius 2 is 2.14 bits per heavy atom. The minimum absolute atomic E-state index is 0.355. The van der Waals surface area contributed by atoms with E-state index in [1.165, 1.54) is 0 Å². The number of benzene rings is 1. The van der Waals surface area contributed by atoms with Gasteiger partial charge < -0.3 is 15.4 Å². The van der Waals surface area contributed by atoms with Crippen LogP contribution in [0.4, 0.5) is 17.5 Å². The lowest BCUT2D eigenvalue weighted by molar-refractivity contribution is 0.417. The van der Waals surface area contributed by atoms with E-state index in [4.69, 9.17) is 16.3 Å². The van der Waals surface area contributed by atoms with Crippen molar-refractivity contribution in [2.24, 2.45) is 0 Å². The summed E-state index contributed by atoms with van der Waals surface area (Å²) in [6, 6.07) is 7.54. The second kappa shape index (κ2) is 7.13. The van der Waals surface area contributed by atoms with Gasteiger partial charge in [-0.3, -0.25) is 0 Å². The lowest BCUT2D eigenvalue weighted by atomic mass is 10.2. The van der Waals surface area contributed by atoms with E-state index >= 15 is 0 Å². The minimum Gasteiger partial charge on any atom is -0.495 e. The highest BCUT2D eigenvalue weighted by atomic mass is 35.5. The number of methoxy groups -OCH3 is 1. The minimum atomic E-state index is 0.355. The molecular formula is C15H19ClN4O. The molecule has 0 fully saturated rings. The molecule has 2 aromatic rings. The highest BCUT2D eigenvalue weighted by Crippen LogP contribution is 2.29. The van der Waals surface area contributed by atoms with Crippen molar-refractivity contribution in [1.29, 1.82) is 0 Å². The Kier molecular flexibility index (Phi) is 5.22. The van der Waals surface area contributed by atoms with E-state index in [1.54, 1.807) is 31.5 Å². The van der Waals surface area contributed by atoms with Gasteiger partial charge in [0.25, 0.3) is 0 Å². The second-order valence-corrected chi connectivity index (χ2v) is 5.13. The van der Waals surface area contributed by atoms with Crippen LogP contribution in [0.15, 0.2) is 30.5 Å². The Labute approximate surface area is 129 Å². The Hall–Kier alpha value is -2.01. The van der Waals surface area contributed by atoms with Crippen LogP contribution in [0.5, 0.6) is 5.75 Å². The average molecular weight is 307 g/mol. The molecule has 0 saturated carbocycles. The van der Waals surface area contributed by atoms with Gasteiger partial charge in [-0.1, -0.05) is 18.5 Å². The number of nitrogens with one attached hydrogen (secondary N) is 2. The third-order valence-electron chi connectivity index (χ3n) is 3.07. The van der Waals surface area contributed by atoms with Crippen LogP contribution < -0.4 is 15.4 Å². The molecule has 0 amide bonds. The summed E-state index contributed by atoms with van der Waals surface area (Å²) >= 11 is 6.01. The molecule has 1 atom stereocenters. The van der Waals surface area contributed by atoms with Crippen molar-refractivity contribution in [3.8, 4) is 5.75 Å². The summed E-state index contributed by atoms with van der Waals surface area (Å²) in [5.41, 5.74) is 0.727. The number of ether oxygens (including phenoxy) is 1. The highest BCUT2D eigenvalue weighted by molar-refractivity contribution is 6.30. The Bertz CT molecular complexity index is 606. The molecule has 1 unspecified atom stereocenters. The molecule has 6 heteroatoms. The van der Waals surface area contributed by atoms with Crippen molar-refractivity contribution in [1.82, 2.24) is 9.97 Å². The summed E-state index contributed by atoms with van der Waals surface area (Å²) < 4.78 is 5.29. The maximum Gasteiger partial charge on any atom is 0.229 e. The summed E-state index contributed by atoms with van der Waals surface area (Å²) in [5, 5.41) is 7.05. The first kappa shape index (κ1) is 15.4. The van der Waals surface area contributed by atoms with Crippen LogP contribution in [0.25, 0.3) is 0 Å². The number of halogens is 1. The summed E-state index contributed by atoms with van der Waals surface area (Å²) in [6.07, 6.45) is 2.73. The number of hydrogen-bond acceptors (Lipinski definition) is 5. The third-order valence-corrected chi connectivity index (χ3v) is 3.31. The first-order valence-corrected chi connectivity index (χ1v) is 7.20. The van der Waals surface area contributed by atoms with Gasteiger partial charge in [0.2, 0.25) is 5.95 Å². The molecule has 1 aromatic carbocycles. The zero-order valence-corrected chi connectivity index (χ0v) is 13.1. The molecular weight excluding hydrogens is 288 g/mol. The Morgan fingerprint density at radius 3 is 2.86 bits per heavy atom. The van der Waals surface area contributed by atoms with E-state index in [-0.39, 0.29) is 0 Å². The molecule has 0 aliphatic heterocycles. The van der Waals surface area contributed by atoms with Crippen LogP contribution in [-0.2, 0) is 0 Å². The number of rotatable bonds is 6. The Balaban J connectivity index is 2.20. The highest BCUT2D eigenvalue weighted by Gasteiger charge is 2.07. The number of hydrogen-bond donors (Lipinski definition) is 2. The van der Waals surface area contributed by atoms with Crippen molar-refractivity contribution in [2.75, 3.05) is 17.7 Å². The Morgan fingerprint density at radius 1 is 1.33 bits per heavy atom. The zero-order valence-electron chi connectivity index (χ0n) is 12.4. The van der Waals surface area contributed by atoms with E-state index < -0.39 is 0 Å². The SMILES string of the molecule is CCC(C)Nc1ccnc(Nc2cc(Cl)ccc2OC)n1. The normalized spacial score (nSPS) is 11.8. The van der Waals surface area contributed by atoms with E-state index in [9.17, 15) is 0 Å². The van der Waals surface area contributed by atoms with Gasteiger partial charge in [-0.25, -0.2) is 4.98 Å². The number of nitrogens with zero attached hydrogens (tertiary/aromatic N) is 2. The van der Waals surface area contributed by atoms with Crippen molar-refractivity contribution >= 4 is 29.1 Å². The molecule has 0 saturated heterocycles. The van der Waals surface area contributed by atoms with Gasteiger partial charge in [0.1, 0.15) is 11.6 Å². The molecule has 1 heterocycles. The summed E-state index contributed by atoms with van der Waals surface area (Å²) in [7, 11) is 1.61. The van der Waals surface area contributed by atoms with Gasteiger partial charge >= 0.3 is 0 Å². The van der Waals surface area contributed by atoms with E-state index in [1.807, 2.05) is 6.07 Å². The molecule has 5 nitrogen and oxygen atoms in total. The van der Waals surface area contributed by atoms with Crippen molar-refractivity contribution < 1.29 is 4.74 Å². The van der Waals surface area contributed by atoms with Crippen LogP contribution in [0.2, 0.25) is 5.02 Å². The van der Waals surface area contributed by atoms with Gasteiger partial charge in [0.15, 0.2) is 0 Å². The van der Waals surface area contributed by atoms with Crippen LogP contribution in [0.1, 0.15) is 20.3 Å². The van der Waals surface area contributed by atoms with Crippen molar-refractivity contribution in [3.63, 3.8) is 0 Å². The third kappa shape index (κ3) is 4.23. The monoisotopic (exact) mass is 306 g/mol. The predicted octanol–water partition coefficient (Wildman–Crippen LogP) is 4.09. The molecule has 0 aliphatic carbocycles.